The van der Waals surface area contributed by atoms with Crippen LogP contribution in [-0.4, -0.2) is 28.8 Å². The van der Waals surface area contributed by atoms with E-state index < -0.39 is 6.04 Å². The zero-order valence-corrected chi connectivity index (χ0v) is 17.7. The first kappa shape index (κ1) is 21.4. The first-order valence-corrected chi connectivity index (χ1v) is 10.8. The number of nitrogens with one attached hydrogen (secondary N) is 1. The molecule has 1 fully saturated rings. The summed E-state index contributed by atoms with van der Waals surface area (Å²) in [5.41, 5.74) is 1.90. The highest BCUT2D eigenvalue weighted by molar-refractivity contribution is 6.30. The summed E-state index contributed by atoms with van der Waals surface area (Å²) in [4.78, 5) is 27.7. The largest absolute Gasteiger partial charge is 0.352 e. The van der Waals surface area contributed by atoms with Gasteiger partial charge in [-0.1, -0.05) is 73.3 Å². The standard InChI is InChI=1S/C24H29ClN2O2/c1-18(24(29)26-22-10-6-3-7-11-22)27(17-20-12-14-21(25)15-13-20)23(28)16-19-8-4-2-5-9-19/h2,4-5,8-9,12-15,18,22H,3,6-7,10-11,16-17H2,1H3,(H,26,29). The van der Waals surface area contributed by atoms with Gasteiger partial charge in [0.25, 0.3) is 0 Å². The Morgan fingerprint density at radius 3 is 2.31 bits per heavy atom. The monoisotopic (exact) mass is 412 g/mol. The van der Waals surface area contributed by atoms with Gasteiger partial charge in [0, 0.05) is 17.6 Å². The van der Waals surface area contributed by atoms with E-state index in [2.05, 4.69) is 5.32 Å². The molecule has 2 aromatic carbocycles. The Hall–Kier alpha value is -2.33. The van der Waals surface area contributed by atoms with E-state index in [1.807, 2.05) is 61.5 Å². The minimum Gasteiger partial charge on any atom is -0.352 e. The molecule has 5 heteroatoms. The summed E-state index contributed by atoms with van der Waals surface area (Å²) in [6.45, 7) is 2.19. The first-order valence-electron chi connectivity index (χ1n) is 10.4. The number of amides is 2. The van der Waals surface area contributed by atoms with Crippen LogP contribution in [0.2, 0.25) is 5.02 Å². The molecule has 0 aromatic heterocycles. The normalized spacial score (nSPS) is 15.5. The maximum absolute atomic E-state index is 13.1. The molecule has 1 atom stereocenters. The van der Waals surface area contributed by atoms with Gasteiger partial charge in [-0.15, -0.1) is 0 Å². The zero-order chi connectivity index (χ0) is 20.6. The predicted octanol–water partition coefficient (Wildman–Crippen LogP) is 4.75. The molecule has 0 spiro atoms. The van der Waals surface area contributed by atoms with Gasteiger partial charge < -0.3 is 10.2 Å². The number of nitrogens with zero attached hydrogens (tertiary/aromatic N) is 1. The Labute approximate surface area is 178 Å². The summed E-state index contributed by atoms with van der Waals surface area (Å²) in [6, 6.07) is 16.7. The second-order valence-corrected chi connectivity index (χ2v) is 8.27. The van der Waals surface area contributed by atoms with E-state index in [0.29, 0.717) is 11.6 Å². The van der Waals surface area contributed by atoms with E-state index in [9.17, 15) is 9.59 Å². The van der Waals surface area contributed by atoms with Crippen molar-refractivity contribution in [1.82, 2.24) is 10.2 Å². The van der Waals surface area contributed by atoms with Gasteiger partial charge in [-0.05, 0) is 43.0 Å². The summed E-state index contributed by atoms with van der Waals surface area (Å²) >= 11 is 5.99. The number of halogens is 1. The molecule has 2 amide bonds. The van der Waals surface area contributed by atoms with Crippen molar-refractivity contribution in [3.63, 3.8) is 0 Å². The molecule has 154 valence electrons. The Bertz CT molecular complexity index is 801. The molecule has 1 aliphatic carbocycles. The SMILES string of the molecule is CC(C(=O)NC1CCCCC1)N(Cc1ccc(Cl)cc1)C(=O)Cc1ccccc1. The maximum Gasteiger partial charge on any atom is 0.242 e. The fourth-order valence-electron chi connectivity index (χ4n) is 3.81. The molecule has 1 unspecified atom stereocenters. The first-order chi connectivity index (χ1) is 14.0. The van der Waals surface area contributed by atoms with Crippen molar-refractivity contribution in [1.29, 1.82) is 0 Å². The van der Waals surface area contributed by atoms with Gasteiger partial charge in [0.1, 0.15) is 6.04 Å². The van der Waals surface area contributed by atoms with Crippen LogP contribution in [0.25, 0.3) is 0 Å². The lowest BCUT2D eigenvalue weighted by molar-refractivity contribution is -0.140. The van der Waals surface area contributed by atoms with Crippen molar-refractivity contribution in [3.05, 3.63) is 70.7 Å². The van der Waals surface area contributed by atoms with E-state index in [1.54, 1.807) is 4.90 Å². The highest BCUT2D eigenvalue weighted by atomic mass is 35.5. The molecule has 0 bridgehead atoms. The number of rotatable bonds is 7. The molecular formula is C24H29ClN2O2. The van der Waals surface area contributed by atoms with Crippen molar-refractivity contribution in [2.24, 2.45) is 0 Å². The van der Waals surface area contributed by atoms with Gasteiger partial charge >= 0.3 is 0 Å². The molecule has 0 saturated heterocycles. The number of hydrogen-bond acceptors (Lipinski definition) is 2. The minimum atomic E-state index is -0.538. The summed E-state index contributed by atoms with van der Waals surface area (Å²) in [5.74, 6) is -0.135. The fraction of sp³-hybridized carbons (Fsp3) is 0.417. The molecule has 0 heterocycles. The van der Waals surface area contributed by atoms with Crippen molar-refractivity contribution in [3.8, 4) is 0 Å². The second-order valence-electron chi connectivity index (χ2n) is 7.83. The van der Waals surface area contributed by atoms with Gasteiger partial charge in [0.05, 0.1) is 6.42 Å². The van der Waals surface area contributed by atoms with Gasteiger partial charge in [0.2, 0.25) is 11.8 Å². The molecular weight excluding hydrogens is 384 g/mol. The summed E-state index contributed by atoms with van der Waals surface area (Å²) in [5, 5.41) is 3.81. The minimum absolute atomic E-state index is 0.0579. The number of hydrogen-bond donors (Lipinski definition) is 1. The predicted molar refractivity (Wildman–Crippen MR) is 117 cm³/mol. The number of carbonyl (C=O) groups excluding carboxylic acids is 2. The van der Waals surface area contributed by atoms with E-state index in [1.165, 1.54) is 6.42 Å². The molecule has 0 aliphatic heterocycles. The van der Waals surface area contributed by atoms with Gasteiger partial charge in [-0.3, -0.25) is 9.59 Å². The molecule has 2 aromatic rings. The average Bonchev–Trinajstić information content (AvgIpc) is 2.74. The summed E-state index contributed by atoms with van der Waals surface area (Å²) in [6.07, 6.45) is 5.86. The van der Waals surface area contributed by atoms with E-state index >= 15 is 0 Å². The lowest BCUT2D eigenvalue weighted by atomic mass is 9.95. The van der Waals surface area contributed by atoms with Crippen LogP contribution in [0.15, 0.2) is 54.6 Å². The highest BCUT2D eigenvalue weighted by Gasteiger charge is 2.28. The smallest absolute Gasteiger partial charge is 0.242 e. The molecule has 3 rings (SSSR count). The van der Waals surface area contributed by atoms with E-state index in [0.717, 1.165) is 36.8 Å². The summed E-state index contributed by atoms with van der Waals surface area (Å²) in [7, 11) is 0. The molecule has 29 heavy (non-hydrogen) atoms. The third-order valence-corrected chi connectivity index (χ3v) is 5.84. The van der Waals surface area contributed by atoms with Crippen LogP contribution in [0, 0.1) is 0 Å². The summed E-state index contributed by atoms with van der Waals surface area (Å²) < 4.78 is 0. The van der Waals surface area contributed by atoms with Crippen molar-refractivity contribution in [2.75, 3.05) is 0 Å². The van der Waals surface area contributed by atoms with E-state index in [4.69, 9.17) is 11.6 Å². The Morgan fingerprint density at radius 2 is 1.66 bits per heavy atom. The van der Waals surface area contributed by atoms with Crippen LogP contribution in [0.3, 0.4) is 0 Å². The Kier molecular flexibility index (Phi) is 7.70. The van der Waals surface area contributed by atoms with Crippen molar-refractivity contribution < 1.29 is 9.59 Å². The van der Waals surface area contributed by atoms with Crippen LogP contribution in [-0.2, 0) is 22.6 Å². The van der Waals surface area contributed by atoms with Crippen LogP contribution in [0.5, 0.6) is 0 Å². The quantitative estimate of drug-likeness (QED) is 0.713. The zero-order valence-electron chi connectivity index (χ0n) is 16.9. The fourth-order valence-corrected chi connectivity index (χ4v) is 3.94. The number of benzene rings is 2. The van der Waals surface area contributed by atoms with Gasteiger partial charge in [0.15, 0.2) is 0 Å². The topological polar surface area (TPSA) is 49.4 Å². The lowest BCUT2D eigenvalue weighted by Crippen LogP contribution is -2.50. The molecule has 4 nitrogen and oxygen atoms in total. The van der Waals surface area contributed by atoms with Crippen molar-refractivity contribution >= 4 is 23.4 Å². The Balaban J connectivity index is 1.73. The third-order valence-electron chi connectivity index (χ3n) is 5.58. The van der Waals surface area contributed by atoms with Crippen LogP contribution < -0.4 is 5.32 Å². The molecule has 1 saturated carbocycles. The van der Waals surface area contributed by atoms with Crippen LogP contribution >= 0.6 is 11.6 Å². The second kappa shape index (κ2) is 10.4. The molecule has 1 aliphatic rings. The van der Waals surface area contributed by atoms with Crippen LogP contribution in [0.4, 0.5) is 0 Å². The van der Waals surface area contributed by atoms with Crippen LogP contribution in [0.1, 0.15) is 50.2 Å². The van der Waals surface area contributed by atoms with E-state index in [-0.39, 0.29) is 24.3 Å². The maximum atomic E-state index is 13.1. The van der Waals surface area contributed by atoms with Gasteiger partial charge in [-0.2, -0.15) is 0 Å². The average molecular weight is 413 g/mol. The van der Waals surface area contributed by atoms with Gasteiger partial charge in [-0.25, -0.2) is 0 Å². The molecule has 0 radical (unpaired) electrons. The van der Waals surface area contributed by atoms with Crippen molar-refractivity contribution in [2.45, 2.75) is 64.1 Å². The lowest BCUT2D eigenvalue weighted by Gasteiger charge is -2.31. The Morgan fingerprint density at radius 1 is 1.00 bits per heavy atom. The third kappa shape index (κ3) is 6.33. The number of carbonyl (C=O) groups is 2. The highest BCUT2D eigenvalue weighted by Crippen LogP contribution is 2.19. The molecule has 1 N–H and O–H groups in total.